The summed E-state index contributed by atoms with van der Waals surface area (Å²) >= 11 is 5.98. The number of amides is 1. The molecule has 2 aromatic rings. The Kier molecular flexibility index (Phi) is 7.49. The fraction of sp³-hybridized carbons (Fsp3) is 0.480. The maximum absolute atomic E-state index is 12.4. The van der Waals surface area contributed by atoms with E-state index >= 15 is 0 Å². The second-order valence-electron chi connectivity index (χ2n) is 8.61. The molecule has 2 fully saturated rings. The zero-order chi connectivity index (χ0) is 21.6. The number of anilines is 2. The number of nitrogens with zero attached hydrogens (tertiary/aromatic N) is 2. The molecule has 0 unspecified atom stereocenters. The van der Waals surface area contributed by atoms with Crippen LogP contribution in [0.25, 0.3) is 0 Å². The number of halogens is 1. The lowest BCUT2D eigenvalue weighted by Crippen LogP contribution is -2.46. The van der Waals surface area contributed by atoms with Crippen molar-refractivity contribution < 1.29 is 4.79 Å². The molecule has 0 bridgehead atoms. The Morgan fingerprint density at radius 2 is 1.84 bits per heavy atom. The lowest BCUT2D eigenvalue weighted by molar-refractivity contribution is 0.102. The monoisotopic (exact) mass is 440 g/mol. The molecule has 2 saturated heterocycles. The van der Waals surface area contributed by atoms with Crippen LogP contribution in [0.4, 0.5) is 11.4 Å². The smallest absolute Gasteiger partial charge is 0.255 e. The van der Waals surface area contributed by atoms with Gasteiger partial charge < -0.3 is 15.5 Å². The molecule has 5 nitrogen and oxygen atoms in total. The Balaban J connectivity index is 1.24. The third kappa shape index (κ3) is 5.79. The summed E-state index contributed by atoms with van der Waals surface area (Å²) in [6.45, 7) is 7.95. The first-order chi connectivity index (χ1) is 15.1. The van der Waals surface area contributed by atoms with Gasteiger partial charge in [0.1, 0.15) is 0 Å². The van der Waals surface area contributed by atoms with Gasteiger partial charge in [-0.25, -0.2) is 0 Å². The van der Waals surface area contributed by atoms with Gasteiger partial charge in [0, 0.05) is 53.7 Å². The van der Waals surface area contributed by atoms with E-state index in [4.69, 9.17) is 11.6 Å². The summed E-state index contributed by atoms with van der Waals surface area (Å²) in [7, 11) is 0. The van der Waals surface area contributed by atoms with Crippen LogP contribution in [0.15, 0.2) is 48.5 Å². The van der Waals surface area contributed by atoms with Crippen LogP contribution in [0.5, 0.6) is 0 Å². The molecule has 0 aliphatic carbocycles. The van der Waals surface area contributed by atoms with E-state index in [1.165, 1.54) is 44.5 Å². The molecule has 2 aromatic carbocycles. The standard InChI is InChI=1S/C25H33ClN4O/c1-2-29-14-4-7-24(29)18-27-21-12-15-30(16-13-21)23-10-8-22(9-11-23)28-25(31)19-5-3-6-20(26)17-19/h3,5-6,8-11,17,21,24,27H,2,4,7,12-16,18H2,1H3,(H,28,31)/t24-/m0/s1. The molecule has 0 aromatic heterocycles. The topological polar surface area (TPSA) is 47.6 Å². The molecule has 31 heavy (non-hydrogen) atoms. The van der Waals surface area contributed by atoms with Crippen LogP contribution >= 0.6 is 11.6 Å². The third-order valence-corrected chi connectivity index (χ3v) is 6.85. The first-order valence-electron chi connectivity index (χ1n) is 11.5. The summed E-state index contributed by atoms with van der Waals surface area (Å²) in [4.78, 5) is 17.4. The van der Waals surface area contributed by atoms with Gasteiger partial charge in [-0.15, -0.1) is 0 Å². The number of nitrogens with one attached hydrogen (secondary N) is 2. The quantitative estimate of drug-likeness (QED) is 0.658. The van der Waals surface area contributed by atoms with Gasteiger partial charge in [0.2, 0.25) is 0 Å². The predicted octanol–water partition coefficient (Wildman–Crippen LogP) is 4.64. The summed E-state index contributed by atoms with van der Waals surface area (Å²) in [5.41, 5.74) is 2.57. The highest BCUT2D eigenvalue weighted by Gasteiger charge is 2.25. The average Bonchev–Trinajstić information content (AvgIpc) is 3.26. The largest absolute Gasteiger partial charge is 0.371 e. The number of carbonyl (C=O) groups excluding carboxylic acids is 1. The molecule has 2 aliphatic heterocycles. The van der Waals surface area contributed by atoms with Crippen molar-refractivity contribution in [3.8, 4) is 0 Å². The first kappa shape index (κ1) is 22.1. The maximum Gasteiger partial charge on any atom is 0.255 e. The van der Waals surface area contributed by atoms with Crippen molar-refractivity contribution in [1.29, 1.82) is 0 Å². The molecule has 2 heterocycles. The normalized spacial score (nSPS) is 20.2. The molecular weight excluding hydrogens is 408 g/mol. The minimum atomic E-state index is -0.147. The molecule has 2 N–H and O–H groups in total. The van der Waals surface area contributed by atoms with Gasteiger partial charge in [0.15, 0.2) is 0 Å². The number of hydrogen-bond acceptors (Lipinski definition) is 4. The molecule has 166 valence electrons. The number of likely N-dealkylation sites (N-methyl/N-ethyl adjacent to an activating group) is 1. The second-order valence-corrected chi connectivity index (χ2v) is 9.04. The van der Waals surface area contributed by atoms with Crippen molar-refractivity contribution in [3.63, 3.8) is 0 Å². The summed E-state index contributed by atoms with van der Waals surface area (Å²) in [6.07, 6.45) is 5.02. The molecule has 2 aliphatic rings. The molecule has 0 spiro atoms. The van der Waals surface area contributed by atoms with Gasteiger partial charge >= 0.3 is 0 Å². The Bertz CT molecular complexity index is 864. The highest BCUT2D eigenvalue weighted by atomic mass is 35.5. The predicted molar refractivity (Wildman–Crippen MR) is 129 cm³/mol. The summed E-state index contributed by atoms with van der Waals surface area (Å²) < 4.78 is 0. The van der Waals surface area contributed by atoms with Gasteiger partial charge in [-0.05, 0) is 81.2 Å². The Hall–Kier alpha value is -2.08. The molecule has 6 heteroatoms. The average molecular weight is 441 g/mol. The molecule has 0 radical (unpaired) electrons. The van der Waals surface area contributed by atoms with Crippen molar-refractivity contribution in [2.75, 3.05) is 42.9 Å². The summed E-state index contributed by atoms with van der Waals surface area (Å²) in [6, 6.07) is 16.5. The van der Waals surface area contributed by atoms with Crippen LogP contribution in [0.1, 0.15) is 43.0 Å². The van der Waals surface area contributed by atoms with Crippen molar-refractivity contribution in [1.82, 2.24) is 10.2 Å². The van der Waals surface area contributed by atoms with E-state index in [1.54, 1.807) is 24.3 Å². The van der Waals surface area contributed by atoms with Crippen LogP contribution < -0.4 is 15.5 Å². The number of hydrogen-bond donors (Lipinski definition) is 2. The van der Waals surface area contributed by atoms with Gasteiger partial charge in [-0.1, -0.05) is 24.6 Å². The van der Waals surface area contributed by atoms with Crippen LogP contribution in [0, 0.1) is 0 Å². The van der Waals surface area contributed by atoms with Crippen molar-refractivity contribution in [3.05, 3.63) is 59.1 Å². The van der Waals surface area contributed by atoms with E-state index in [2.05, 4.69) is 39.5 Å². The minimum absolute atomic E-state index is 0.147. The molecule has 4 rings (SSSR count). The Labute approximate surface area is 190 Å². The number of piperidine rings is 1. The van der Waals surface area contributed by atoms with Gasteiger partial charge in [-0.2, -0.15) is 0 Å². The van der Waals surface area contributed by atoms with Crippen LogP contribution in [0.2, 0.25) is 5.02 Å². The highest BCUT2D eigenvalue weighted by molar-refractivity contribution is 6.31. The molecule has 0 saturated carbocycles. The number of carbonyl (C=O) groups is 1. The van der Waals surface area contributed by atoms with Gasteiger partial charge in [0.05, 0.1) is 0 Å². The molecular formula is C25H33ClN4O. The number of benzene rings is 2. The SMILES string of the molecule is CCN1CCC[C@H]1CNC1CCN(c2ccc(NC(=O)c3cccc(Cl)c3)cc2)CC1. The first-order valence-corrected chi connectivity index (χ1v) is 11.9. The molecule has 1 atom stereocenters. The van der Waals surface area contributed by atoms with E-state index in [9.17, 15) is 4.79 Å². The van der Waals surface area contributed by atoms with E-state index in [-0.39, 0.29) is 5.91 Å². The van der Waals surface area contributed by atoms with Crippen LogP contribution in [-0.4, -0.2) is 55.6 Å². The van der Waals surface area contributed by atoms with E-state index in [1.807, 2.05) is 12.1 Å². The number of rotatable bonds is 7. The second kappa shape index (κ2) is 10.5. The van der Waals surface area contributed by atoms with Gasteiger partial charge in [-0.3, -0.25) is 9.69 Å². The van der Waals surface area contributed by atoms with E-state index in [0.29, 0.717) is 16.6 Å². The fourth-order valence-corrected chi connectivity index (χ4v) is 4.97. The van der Waals surface area contributed by atoms with Crippen molar-refractivity contribution in [2.24, 2.45) is 0 Å². The number of likely N-dealkylation sites (tertiary alicyclic amines) is 1. The molecule has 1 amide bonds. The summed E-state index contributed by atoms with van der Waals surface area (Å²) in [5, 5.41) is 7.33. The minimum Gasteiger partial charge on any atom is -0.371 e. The Morgan fingerprint density at radius 3 is 2.55 bits per heavy atom. The zero-order valence-electron chi connectivity index (χ0n) is 18.3. The van der Waals surface area contributed by atoms with Crippen molar-refractivity contribution >= 4 is 28.9 Å². The summed E-state index contributed by atoms with van der Waals surface area (Å²) in [5.74, 6) is -0.147. The van der Waals surface area contributed by atoms with Crippen molar-refractivity contribution in [2.45, 2.75) is 44.7 Å². The fourth-order valence-electron chi connectivity index (χ4n) is 4.78. The highest BCUT2D eigenvalue weighted by Crippen LogP contribution is 2.23. The van der Waals surface area contributed by atoms with Crippen LogP contribution in [-0.2, 0) is 0 Å². The van der Waals surface area contributed by atoms with E-state index < -0.39 is 0 Å². The zero-order valence-corrected chi connectivity index (χ0v) is 19.1. The van der Waals surface area contributed by atoms with Gasteiger partial charge in [0.25, 0.3) is 5.91 Å². The maximum atomic E-state index is 12.4. The lowest BCUT2D eigenvalue weighted by atomic mass is 10.0. The third-order valence-electron chi connectivity index (χ3n) is 6.62. The Morgan fingerprint density at radius 1 is 1.06 bits per heavy atom. The van der Waals surface area contributed by atoms with E-state index in [0.717, 1.165) is 31.4 Å². The van der Waals surface area contributed by atoms with Crippen LogP contribution in [0.3, 0.4) is 0 Å². The lowest BCUT2D eigenvalue weighted by Gasteiger charge is -2.35.